The van der Waals surface area contributed by atoms with Crippen molar-refractivity contribution in [1.82, 2.24) is 19.9 Å². The van der Waals surface area contributed by atoms with Crippen molar-refractivity contribution in [3.05, 3.63) is 74.9 Å². The molecule has 4 aromatic heterocycles. The third-order valence-electron chi connectivity index (χ3n) is 1.77. The normalized spacial score (nSPS) is 5.71. The zero-order valence-corrected chi connectivity index (χ0v) is 24.7. The molecule has 0 unspecified atom stereocenters. The number of aromatic nitrogens is 8. The number of rotatable bonds is 0. The summed E-state index contributed by atoms with van der Waals surface area (Å²) in [6.07, 6.45) is 21.6. The van der Waals surface area contributed by atoms with Crippen LogP contribution in [0.2, 0.25) is 0 Å². The summed E-state index contributed by atoms with van der Waals surface area (Å²) in [5.41, 5.74) is 0. The summed E-state index contributed by atoms with van der Waals surface area (Å²) in [7, 11) is 0. The molecule has 0 aliphatic heterocycles. The van der Waals surface area contributed by atoms with Crippen LogP contribution < -0.4 is 19.9 Å². The Kier molecular flexibility index (Phi) is 81.7. The van der Waals surface area contributed by atoms with E-state index in [2.05, 4.69) is 39.9 Å². The molecule has 0 saturated heterocycles. The van der Waals surface area contributed by atoms with Gasteiger partial charge in [-0.2, -0.15) is 0 Å². The molecule has 12 nitrogen and oxygen atoms in total. The molecule has 28 heavy (non-hydrogen) atoms. The molecule has 148 valence electrons. The fourth-order valence-corrected chi connectivity index (χ4v) is 0.962. The minimum atomic E-state index is 0. The molecule has 0 atom stereocenters. The Morgan fingerprint density at radius 2 is 0.536 bits per heavy atom. The van der Waals surface area contributed by atoms with Crippen molar-refractivity contribution in [2.24, 2.45) is 0 Å². The Morgan fingerprint density at radius 3 is 0.571 bits per heavy atom. The third-order valence-corrected chi connectivity index (χ3v) is 1.77. The van der Waals surface area contributed by atoms with E-state index in [1.807, 2.05) is 49.6 Å². The fourth-order valence-electron chi connectivity index (χ4n) is 0.962. The van der Waals surface area contributed by atoms with E-state index in [0.29, 0.717) is 0 Å². The Bertz CT molecular complexity index is 383. The molecule has 16 heteroatoms. The van der Waals surface area contributed by atoms with E-state index in [-0.39, 0.29) is 101 Å². The molecule has 0 spiro atoms. The minimum Gasteiger partial charge on any atom is -0.870 e. The van der Waals surface area contributed by atoms with Crippen LogP contribution in [-0.2, 0) is 0 Å². The Hall–Kier alpha value is -0.775. The summed E-state index contributed by atoms with van der Waals surface area (Å²) in [6, 6.07) is 0. The van der Waals surface area contributed by atoms with Crippen LogP contribution in [-0.4, -0.2) is 121 Å². The molecule has 0 fully saturated rings. The zero-order chi connectivity index (χ0) is 14.1. The molecule has 4 rings (SSSR count). The summed E-state index contributed by atoms with van der Waals surface area (Å²) in [5.74, 6) is 0. The number of aromatic amines is 8. The van der Waals surface area contributed by atoms with Crippen LogP contribution in [0.1, 0.15) is 0 Å². The molecule has 12 N–H and O–H groups in total. The second kappa shape index (κ2) is 45.1. The van der Waals surface area contributed by atoms with Crippen LogP contribution in [0.5, 0.6) is 0 Å². The van der Waals surface area contributed by atoms with Crippen LogP contribution in [0.3, 0.4) is 0 Å². The molecule has 0 saturated carbocycles. The average Bonchev–Trinajstić information content (AvgIpc) is 3.40. The molecular formula is C12H24Ga4N8O4. The zero-order valence-electron chi connectivity index (χ0n) is 15.0. The van der Waals surface area contributed by atoms with Gasteiger partial charge in [0, 0.05) is 79.2 Å². The first kappa shape index (κ1) is 50.7. The van der Waals surface area contributed by atoms with Gasteiger partial charge in [0.2, 0.25) is 25.3 Å². The van der Waals surface area contributed by atoms with Gasteiger partial charge < -0.3 is 21.9 Å². The van der Waals surface area contributed by atoms with Gasteiger partial charge in [-0.25, -0.2) is 0 Å². The van der Waals surface area contributed by atoms with Crippen molar-refractivity contribution in [3.8, 4) is 0 Å². The van der Waals surface area contributed by atoms with Gasteiger partial charge in [0.05, 0.1) is 0 Å². The monoisotopic (exact) mass is 620 g/mol. The van der Waals surface area contributed by atoms with Crippen molar-refractivity contribution in [2.75, 3.05) is 0 Å². The standard InChI is InChI=1S/4C3H4N2.4Ga.4H2O/c4*1-2-5-3-4-1;;;;;;;;/h4*1-3H,(H,4,5);;;;;4*1H2. The molecule has 4 heterocycles. The van der Waals surface area contributed by atoms with E-state index in [9.17, 15) is 0 Å². The van der Waals surface area contributed by atoms with Gasteiger partial charge in [0.15, 0.2) is 0 Å². The van der Waals surface area contributed by atoms with E-state index >= 15 is 0 Å². The maximum atomic E-state index is 2.81. The van der Waals surface area contributed by atoms with Gasteiger partial charge in [-0.1, -0.05) is 0 Å². The molecule has 0 aliphatic carbocycles. The SMILES string of the molecule is [Ga].[Ga].[Ga].[Ga].[OH-].[OH-].[OH-].[OH-].c1c[nH+]c[nH]1.c1c[nH+]c[nH]1.c1c[nH+]c[nH]1.c1c[nH+]c[nH]1. The largest absolute Gasteiger partial charge is 0.870 e. The predicted molar refractivity (Wildman–Crippen MR) is 100 cm³/mol. The summed E-state index contributed by atoms with van der Waals surface area (Å²) in [6.45, 7) is 0. The second-order valence-corrected chi connectivity index (χ2v) is 3.24. The van der Waals surface area contributed by atoms with Crippen LogP contribution in [0, 0.1) is 0 Å². The van der Waals surface area contributed by atoms with Gasteiger partial charge >= 0.3 is 0 Å². The van der Waals surface area contributed by atoms with Gasteiger partial charge in [-0.15, -0.1) is 0 Å². The van der Waals surface area contributed by atoms with E-state index in [0.717, 1.165) is 0 Å². The van der Waals surface area contributed by atoms with Crippen LogP contribution >= 0.6 is 0 Å². The smallest absolute Gasteiger partial charge is 0.239 e. The maximum Gasteiger partial charge on any atom is 0.239 e. The van der Waals surface area contributed by atoms with Crippen molar-refractivity contribution in [2.45, 2.75) is 0 Å². The minimum absolute atomic E-state index is 0. The van der Waals surface area contributed by atoms with Crippen LogP contribution in [0.25, 0.3) is 0 Å². The quantitative estimate of drug-likeness (QED) is 0.151. The topological polar surface area (TPSA) is 240 Å². The van der Waals surface area contributed by atoms with E-state index in [1.165, 1.54) is 0 Å². The first-order valence-corrected chi connectivity index (χ1v) is 5.95. The summed E-state index contributed by atoms with van der Waals surface area (Å²) in [5, 5.41) is 0. The fraction of sp³-hybridized carbons (Fsp3) is 0. The van der Waals surface area contributed by atoms with Crippen molar-refractivity contribution < 1.29 is 41.8 Å². The molecule has 0 aliphatic rings. The summed E-state index contributed by atoms with van der Waals surface area (Å²) in [4.78, 5) is 22.4. The Balaban J connectivity index is -0.0000000290. The predicted octanol–water partition coefficient (Wildman–Crippen LogP) is -2.92. The van der Waals surface area contributed by atoms with Crippen molar-refractivity contribution >= 4 is 79.2 Å². The molecule has 12 radical (unpaired) electrons. The van der Waals surface area contributed by atoms with Gasteiger partial charge in [-0.05, 0) is 0 Å². The number of H-pyrrole nitrogens is 8. The summed E-state index contributed by atoms with van der Waals surface area (Å²) < 4.78 is 0. The second-order valence-electron chi connectivity index (χ2n) is 3.24. The molecule has 0 amide bonds. The molecular weight excluding hydrogens is 599 g/mol. The first-order valence-electron chi connectivity index (χ1n) is 5.95. The number of hydrogen-bond acceptors (Lipinski definition) is 4. The van der Waals surface area contributed by atoms with E-state index in [4.69, 9.17) is 0 Å². The number of imidazole rings is 4. The molecule has 0 bridgehead atoms. The van der Waals surface area contributed by atoms with Gasteiger partial charge in [-0.3, -0.25) is 39.9 Å². The van der Waals surface area contributed by atoms with Gasteiger partial charge in [0.1, 0.15) is 49.6 Å². The third kappa shape index (κ3) is 40.1. The number of nitrogens with one attached hydrogen (secondary N) is 8. The Labute approximate surface area is 214 Å². The van der Waals surface area contributed by atoms with Crippen LogP contribution in [0.4, 0.5) is 0 Å². The van der Waals surface area contributed by atoms with Gasteiger partial charge in [0.25, 0.3) is 0 Å². The maximum absolute atomic E-state index is 2.81. The first-order chi connectivity index (χ1) is 10.0. The van der Waals surface area contributed by atoms with Crippen molar-refractivity contribution in [3.63, 3.8) is 0 Å². The summed E-state index contributed by atoms with van der Waals surface area (Å²) >= 11 is 0. The van der Waals surface area contributed by atoms with E-state index in [1.54, 1.807) is 25.3 Å². The number of hydrogen-bond donors (Lipinski definition) is 4. The van der Waals surface area contributed by atoms with Crippen molar-refractivity contribution in [1.29, 1.82) is 0 Å². The molecule has 4 aromatic rings. The van der Waals surface area contributed by atoms with Crippen LogP contribution in [0.15, 0.2) is 74.9 Å². The van der Waals surface area contributed by atoms with E-state index < -0.39 is 0 Å². The average molecular weight is 623 g/mol. The molecule has 0 aromatic carbocycles. The Morgan fingerprint density at radius 1 is 0.357 bits per heavy atom.